The molecule has 78 valence electrons. The Labute approximate surface area is 97.4 Å². The number of aromatic nitrogens is 2. The van der Waals surface area contributed by atoms with Crippen molar-refractivity contribution in [2.45, 2.75) is 25.2 Å². The lowest BCUT2D eigenvalue weighted by molar-refractivity contribution is 0.410. The average molecular weight is 265 g/mol. The van der Waals surface area contributed by atoms with Crippen molar-refractivity contribution in [1.29, 1.82) is 0 Å². The van der Waals surface area contributed by atoms with Gasteiger partial charge in [0, 0.05) is 22.8 Å². The molecule has 0 amide bonds. The van der Waals surface area contributed by atoms with Crippen molar-refractivity contribution in [1.82, 2.24) is 9.78 Å². The molecule has 2 nitrogen and oxygen atoms in total. The normalized spacial score (nSPS) is 16.9. The van der Waals surface area contributed by atoms with E-state index in [0.29, 0.717) is 5.92 Å². The van der Waals surface area contributed by atoms with Crippen LogP contribution in [0.2, 0.25) is 0 Å². The van der Waals surface area contributed by atoms with Gasteiger partial charge >= 0.3 is 0 Å². The maximum Gasteiger partial charge on any atom is 0.0734 e. The Morgan fingerprint density at radius 1 is 1.40 bits per heavy atom. The molecule has 0 N–H and O–H groups in total. The molecule has 1 fully saturated rings. The quantitative estimate of drug-likeness (QED) is 0.770. The van der Waals surface area contributed by atoms with Crippen LogP contribution in [0.1, 0.15) is 30.9 Å². The van der Waals surface area contributed by atoms with Gasteiger partial charge in [-0.2, -0.15) is 5.10 Å². The van der Waals surface area contributed by atoms with Gasteiger partial charge in [-0.1, -0.05) is 22.4 Å². The average Bonchev–Trinajstić information content (AvgIpc) is 2.41. The fourth-order valence-electron chi connectivity index (χ4n) is 2.24. The van der Waals surface area contributed by atoms with Crippen molar-refractivity contribution in [3.63, 3.8) is 0 Å². The van der Waals surface area contributed by atoms with Gasteiger partial charge in [-0.15, -0.1) is 0 Å². The minimum Gasteiger partial charge on any atom is -0.268 e. The van der Waals surface area contributed by atoms with Crippen molar-refractivity contribution in [2.75, 3.05) is 0 Å². The third-order valence-electron chi connectivity index (χ3n) is 3.33. The summed E-state index contributed by atoms with van der Waals surface area (Å²) in [6, 6.07) is 6.43. The minimum absolute atomic E-state index is 0.704. The maximum absolute atomic E-state index is 4.65. The van der Waals surface area contributed by atoms with E-state index >= 15 is 0 Å². The number of benzene rings is 1. The van der Waals surface area contributed by atoms with Crippen molar-refractivity contribution in [2.24, 2.45) is 7.05 Å². The zero-order valence-corrected chi connectivity index (χ0v) is 10.3. The third kappa shape index (κ3) is 1.41. The smallest absolute Gasteiger partial charge is 0.0734 e. The molecule has 1 aromatic carbocycles. The van der Waals surface area contributed by atoms with Gasteiger partial charge in [-0.05, 0) is 31.0 Å². The summed E-state index contributed by atoms with van der Waals surface area (Å²) < 4.78 is 3.12. The predicted octanol–water partition coefficient (Wildman–Crippen LogP) is 3.60. The first-order chi connectivity index (χ1) is 7.25. The largest absolute Gasteiger partial charge is 0.268 e. The van der Waals surface area contributed by atoms with E-state index in [1.165, 1.54) is 35.9 Å². The highest BCUT2D eigenvalue weighted by atomic mass is 79.9. The zero-order valence-electron chi connectivity index (χ0n) is 8.70. The number of nitrogens with zero attached hydrogens (tertiary/aromatic N) is 2. The van der Waals surface area contributed by atoms with Crippen LogP contribution in [0.3, 0.4) is 0 Å². The fraction of sp³-hybridized carbons (Fsp3) is 0.417. The van der Waals surface area contributed by atoms with E-state index in [-0.39, 0.29) is 0 Å². The van der Waals surface area contributed by atoms with E-state index in [2.05, 4.69) is 39.2 Å². The molecule has 1 aliphatic carbocycles. The minimum atomic E-state index is 0.704. The lowest BCUT2D eigenvalue weighted by atomic mass is 9.82. The second kappa shape index (κ2) is 3.34. The highest BCUT2D eigenvalue weighted by Gasteiger charge is 2.24. The number of aryl methyl sites for hydroxylation is 1. The Kier molecular flexibility index (Phi) is 2.09. The molecule has 15 heavy (non-hydrogen) atoms. The first kappa shape index (κ1) is 9.40. The second-order valence-corrected chi connectivity index (χ2v) is 5.21. The monoisotopic (exact) mass is 264 g/mol. The molecule has 3 heteroatoms. The summed E-state index contributed by atoms with van der Waals surface area (Å²) in [5.41, 5.74) is 2.53. The Balaban J connectivity index is 2.22. The van der Waals surface area contributed by atoms with E-state index < -0.39 is 0 Å². The number of hydrogen-bond donors (Lipinski definition) is 0. The second-order valence-electron chi connectivity index (χ2n) is 4.30. The molecule has 1 saturated carbocycles. The summed E-state index contributed by atoms with van der Waals surface area (Å²) in [5, 5.41) is 5.97. The number of hydrogen-bond acceptors (Lipinski definition) is 1. The molecule has 1 aromatic heterocycles. The first-order valence-electron chi connectivity index (χ1n) is 5.38. The van der Waals surface area contributed by atoms with Crippen LogP contribution in [-0.4, -0.2) is 9.78 Å². The molecular weight excluding hydrogens is 252 g/mol. The van der Waals surface area contributed by atoms with Gasteiger partial charge in [0.25, 0.3) is 0 Å². The molecule has 0 aliphatic heterocycles. The van der Waals surface area contributed by atoms with Gasteiger partial charge in [0.1, 0.15) is 0 Å². The van der Waals surface area contributed by atoms with Crippen LogP contribution in [0.5, 0.6) is 0 Å². The van der Waals surface area contributed by atoms with E-state index in [0.717, 1.165) is 4.47 Å². The molecule has 0 atom stereocenters. The zero-order chi connectivity index (χ0) is 10.4. The SMILES string of the molecule is Cn1nc(C2CCC2)c2ccc(Br)cc21. The summed E-state index contributed by atoms with van der Waals surface area (Å²) in [6.45, 7) is 0. The Morgan fingerprint density at radius 2 is 2.20 bits per heavy atom. The molecule has 0 unspecified atom stereocenters. The van der Waals surface area contributed by atoms with E-state index in [9.17, 15) is 0 Å². The molecule has 1 aliphatic rings. The summed E-state index contributed by atoms with van der Waals surface area (Å²) in [7, 11) is 2.02. The summed E-state index contributed by atoms with van der Waals surface area (Å²) in [6.07, 6.45) is 3.98. The Morgan fingerprint density at radius 3 is 2.87 bits per heavy atom. The Hall–Kier alpha value is -0.830. The van der Waals surface area contributed by atoms with Gasteiger partial charge in [-0.25, -0.2) is 0 Å². The van der Waals surface area contributed by atoms with Gasteiger partial charge in [0.15, 0.2) is 0 Å². The third-order valence-corrected chi connectivity index (χ3v) is 3.83. The molecule has 0 saturated heterocycles. The molecule has 1 heterocycles. The van der Waals surface area contributed by atoms with Crippen LogP contribution in [0.4, 0.5) is 0 Å². The first-order valence-corrected chi connectivity index (χ1v) is 6.17. The summed E-state index contributed by atoms with van der Waals surface area (Å²) >= 11 is 3.50. The topological polar surface area (TPSA) is 17.8 Å². The van der Waals surface area contributed by atoms with Gasteiger partial charge in [0.05, 0.1) is 11.2 Å². The molecule has 0 spiro atoms. The van der Waals surface area contributed by atoms with Crippen molar-refractivity contribution >= 4 is 26.8 Å². The summed E-state index contributed by atoms with van der Waals surface area (Å²) in [4.78, 5) is 0. The van der Waals surface area contributed by atoms with Gasteiger partial charge < -0.3 is 0 Å². The number of rotatable bonds is 1. The molecule has 0 bridgehead atoms. The highest BCUT2D eigenvalue weighted by molar-refractivity contribution is 9.10. The van der Waals surface area contributed by atoms with Crippen LogP contribution in [0.15, 0.2) is 22.7 Å². The molecule has 0 radical (unpaired) electrons. The summed E-state index contributed by atoms with van der Waals surface area (Å²) in [5.74, 6) is 0.704. The standard InChI is InChI=1S/C12H13BrN2/c1-15-11-7-9(13)5-6-10(11)12(14-15)8-3-2-4-8/h5-8H,2-4H2,1H3. The lowest BCUT2D eigenvalue weighted by Crippen LogP contribution is -2.09. The molecular formula is C12H13BrN2. The van der Waals surface area contributed by atoms with Crippen molar-refractivity contribution in [3.05, 3.63) is 28.4 Å². The lowest BCUT2D eigenvalue weighted by Gasteiger charge is -2.23. The fourth-order valence-corrected chi connectivity index (χ4v) is 2.59. The van der Waals surface area contributed by atoms with Crippen molar-refractivity contribution < 1.29 is 0 Å². The van der Waals surface area contributed by atoms with Gasteiger partial charge in [0.2, 0.25) is 0 Å². The maximum atomic E-state index is 4.65. The highest BCUT2D eigenvalue weighted by Crippen LogP contribution is 2.39. The van der Waals surface area contributed by atoms with E-state index in [1.807, 2.05) is 11.7 Å². The molecule has 2 aromatic rings. The van der Waals surface area contributed by atoms with E-state index in [4.69, 9.17) is 0 Å². The molecule has 3 rings (SSSR count). The Bertz CT molecular complexity index is 512. The van der Waals surface area contributed by atoms with Crippen LogP contribution >= 0.6 is 15.9 Å². The number of halogens is 1. The van der Waals surface area contributed by atoms with Crippen LogP contribution in [0, 0.1) is 0 Å². The predicted molar refractivity (Wildman–Crippen MR) is 65.0 cm³/mol. The van der Waals surface area contributed by atoms with Crippen LogP contribution in [-0.2, 0) is 7.05 Å². The van der Waals surface area contributed by atoms with E-state index in [1.54, 1.807) is 0 Å². The number of fused-ring (bicyclic) bond motifs is 1. The van der Waals surface area contributed by atoms with Gasteiger partial charge in [-0.3, -0.25) is 4.68 Å². The van der Waals surface area contributed by atoms with Crippen molar-refractivity contribution in [3.8, 4) is 0 Å². The van der Waals surface area contributed by atoms with Crippen LogP contribution in [0.25, 0.3) is 10.9 Å². The van der Waals surface area contributed by atoms with Crippen LogP contribution < -0.4 is 0 Å².